The molecule has 2 rings (SSSR count). The van der Waals surface area contributed by atoms with E-state index < -0.39 is 0 Å². The Balaban J connectivity index is 2.22. The second kappa shape index (κ2) is 7.47. The number of ether oxygens (including phenoxy) is 1. The molecule has 0 saturated heterocycles. The van der Waals surface area contributed by atoms with Crippen LogP contribution in [0, 0.1) is 3.57 Å². The Labute approximate surface area is 144 Å². The SMILES string of the molecule is CCOC(=O)c1cc(Sc2ccc(I)cc2)ccc1Br. The average Bonchev–Trinajstić information content (AvgIpc) is 2.43. The maximum atomic E-state index is 11.9. The second-order valence-corrected chi connectivity index (χ2v) is 7.17. The molecule has 2 aromatic rings. The molecule has 0 amide bonds. The lowest BCUT2D eigenvalue weighted by atomic mass is 10.2. The fourth-order valence-electron chi connectivity index (χ4n) is 1.57. The third-order valence-corrected chi connectivity index (χ3v) is 4.89. The highest BCUT2D eigenvalue weighted by atomic mass is 127. The summed E-state index contributed by atoms with van der Waals surface area (Å²) in [5.74, 6) is -0.301. The highest BCUT2D eigenvalue weighted by molar-refractivity contribution is 14.1. The molecule has 0 atom stereocenters. The van der Waals surface area contributed by atoms with Crippen molar-refractivity contribution in [1.29, 1.82) is 0 Å². The quantitative estimate of drug-likeness (QED) is 0.450. The molecule has 2 aromatic carbocycles. The van der Waals surface area contributed by atoms with E-state index in [0.29, 0.717) is 12.2 Å². The van der Waals surface area contributed by atoms with E-state index in [0.717, 1.165) is 14.3 Å². The van der Waals surface area contributed by atoms with Crippen LogP contribution in [0.5, 0.6) is 0 Å². The number of carbonyl (C=O) groups is 1. The number of rotatable bonds is 4. The molecule has 0 aromatic heterocycles. The maximum absolute atomic E-state index is 11.9. The lowest BCUT2D eigenvalue weighted by molar-refractivity contribution is 0.0525. The van der Waals surface area contributed by atoms with Gasteiger partial charge in [-0.15, -0.1) is 0 Å². The van der Waals surface area contributed by atoms with Crippen LogP contribution in [0.15, 0.2) is 56.7 Å². The highest BCUT2D eigenvalue weighted by Gasteiger charge is 2.12. The minimum atomic E-state index is -0.301. The topological polar surface area (TPSA) is 26.3 Å². The molecule has 0 saturated carbocycles. The standard InChI is InChI=1S/C15H12BrIO2S/c1-2-19-15(18)13-9-12(7-8-14(13)16)20-11-5-3-10(17)4-6-11/h3-9H,2H2,1H3. The first-order chi connectivity index (χ1) is 9.60. The van der Waals surface area contributed by atoms with Gasteiger partial charge in [0, 0.05) is 17.8 Å². The molecule has 5 heteroatoms. The highest BCUT2D eigenvalue weighted by Crippen LogP contribution is 2.31. The summed E-state index contributed by atoms with van der Waals surface area (Å²) in [6, 6.07) is 14.0. The Morgan fingerprint density at radius 3 is 2.50 bits per heavy atom. The Kier molecular flexibility index (Phi) is 5.92. The predicted molar refractivity (Wildman–Crippen MR) is 93.4 cm³/mol. The van der Waals surface area contributed by atoms with Crippen molar-refractivity contribution < 1.29 is 9.53 Å². The summed E-state index contributed by atoms with van der Waals surface area (Å²) in [5, 5.41) is 0. The van der Waals surface area contributed by atoms with Crippen LogP contribution in [0.2, 0.25) is 0 Å². The maximum Gasteiger partial charge on any atom is 0.339 e. The summed E-state index contributed by atoms with van der Waals surface area (Å²) < 4.78 is 7.01. The normalized spacial score (nSPS) is 10.3. The molecule has 0 N–H and O–H groups in total. The summed E-state index contributed by atoms with van der Waals surface area (Å²) in [4.78, 5) is 14.0. The molecule has 0 aliphatic rings. The Morgan fingerprint density at radius 2 is 1.85 bits per heavy atom. The van der Waals surface area contributed by atoms with Gasteiger partial charge in [-0.2, -0.15) is 0 Å². The van der Waals surface area contributed by atoms with E-state index in [1.54, 1.807) is 18.7 Å². The molecule has 0 aliphatic carbocycles. The van der Waals surface area contributed by atoms with Crippen molar-refractivity contribution in [1.82, 2.24) is 0 Å². The van der Waals surface area contributed by atoms with E-state index in [9.17, 15) is 4.79 Å². The predicted octanol–water partition coefficient (Wildman–Crippen LogP) is 5.38. The van der Waals surface area contributed by atoms with Crippen molar-refractivity contribution in [3.63, 3.8) is 0 Å². The fraction of sp³-hybridized carbons (Fsp3) is 0.133. The molecule has 0 bridgehead atoms. The van der Waals surface area contributed by atoms with Crippen molar-refractivity contribution in [3.05, 3.63) is 56.1 Å². The van der Waals surface area contributed by atoms with E-state index in [2.05, 4.69) is 62.8 Å². The van der Waals surface area contributed by atoms with Gasteiger partial charge in [-0.25, -0.2) is 4.79 Å². The zero-order chi connectivity index (χ0) is 14.5. The van der Waals surface area contributed by atoms with Gasteiger partial charge in [-0.05, 0) is 87.9 Å². The number of hydrogen-bond acceptors (Lipinski definition) is 3. The van der Waals surface area contributed by atoms with Crippen LogP contribution in [0.25, 0.3) is 0 Å². The van der Waals surface area contributed by atoms with Crippen LogP contribution in [-0.4, -0.2) is 12.6 Å². The van der Waals surface area contributed by atoms with E-state index in [1.165, 1.54) is 3.57 Å². The summed E-state index contributed by atoms with van der Waals surface area (Å²) in [6.07, 6.45) is 0. The monoisotopic (exact) mass is 462 g/mol. The van der Waals surface area contributed by atoms with Crippen LogP contribution in [-0.2, 0) is 4.74 Å². The Bertz CT molecular complexity index is 614. The molecular weight excluding hydrogens is 451 g/mol. The molecule has 0 fully saturated rings. The third kappa shape index (κ3) is 4.23. The molecule has 2 nitrogen and oxygen atoms in total. The Morgan fingerprint density at radius 1 is 1.20 bits per heavy atom. The average molecular weight is 463 g/mol. The van der Waals surface area contributed by atoms with E-state index >= 15 is 0 Å². The number of benzene rings is 2. The molecule has 0 heterocycles. The number of esters is 1. The van der Waals surface area contributed by atoms with Gasteiger partial charge in [-0.3, -0.25) is 0 Å². The molecule has 0 unspecified atom stereocenters. The minimum Gasteiger partial charge on any atom is -0.462 e. The molecular formula is C15H12BrIO2S. The van der Waals surface area contributed by atoms with Gasteiger partial charge in [0.1, 0.15) is 0 Å². The van der Waals surface area contributed by atoms with Gasteiger partial charge in [-0.1, -0.05) is 11.8 Å². The number of hydrogen-bond donors (Lipinski definition) is 0. The van der Waals surface area contributed by atoms with Crippen molar-refractivity contribution in [2.24, 2.45) is 0 Å². The first kappa shape index (κ1) is 15.9. The Hall–Kier alpha value is -0.530. The van der Waals surface area contributed by atoms with Gasteiger partial charge < -0.3 is 4.74 Å². The van der Waals surface area contributed by atoms with Crippen molar-refractivity contribution in [2.75, 3.05) is 6.61 Å². The van der Waals surface area contributed by atoms with Crippen LogP contribution in [0.4, 0.5) is 0 Å². The largest absolute Gasteiger partial charge is 0.462 e. The third-order valence-electron chi connectivity index (χ3n) is 2.48. The summed E-state index contributed by atoms with van der Waals surface area (Å²) >= 11 is 7.29. The summed E-state index contributed by atoms with van der Waals surface area (Å²) in [7, 11) is 0. The smallest absolute Gasteiger partial charge is 0.339 e. The van der Waals surface area contributed by atoms with Crippen LogP contribution < -0.4 is 0 Å². The molecule has 0 radical (unpaired) electrons. The van der Waals surface area contributed by atoms with Gasteiger partial charge in [0.25, 0.3) is 0 Å². The van der Waals surface area contributed by atoms with Crippen LogP contribution in [0.1, 0.15) is 17.3 Å². The zero-order valence-electron chi connectivity index (χ0n) is 10.7. The summed E-state index contributed by atoms with van der Waals surface area (Å²) in [6.45, 7) is 2.18. The minimum absolute atomic E-state index is 0.301. The van der Waals surface area contributed by atoms with Crippen molar-refractivity contribution in [2.45, 2.75) is 16.7 Å². The lowest BCUT2D eigenvalue weighted by Gasteiger charge is -2.07. The van der Waals surface area contributed by atoms with E-state index in [1.807, 2.05) is 18.2 Å². The first-order valence-electron chi connectivity index (χ1n) is 6.00. The number of halogens is 2. The van der Waals surface area contributed by atoms with Gasteiger partial charge in [0.2, 0.25) is 0 Å². The van der Waals surface area contributed by atoms with Crippen molar-refractivity contribution in [3.8, 4) is 0 Å². The molecule has 104 valence electrons. The fourth-order valence-corrected chi connectivity index (χ4v) is 3.20. The van der Waals surface area contributed by atoms with E-state index in [4.69, 9.17) is 4.74 Å². The van der Waals surface area contributed by atoms with Crippen LogP contribution in [0.3, 0.4) is 0 Å². The second-order valence-electron chi connectivity index (χ2n) is 3.92. The zero-order valence-corrected chi connectivity index (χ0v) is 15.3. The van der Waals surface area contributed by atoms with E-state index in [-0.39, 0.29) is 5.97 Å². The molecule has 0 aliphatic heterocycles. The van der Waals surface area contributed by atoms with Crippen molar-refractivity contribution >= 4 is 56.3 Å². The molecule has 0 spiro atoms. The van der Waals surface area contributed by atoms with Crippen LogP contribution >= 0.6 is 50.3 Å². The van der Waals surface area contributed by atoms with Gasteiger partial charge in [0.05, 0.1) is 12.2 Å². The van der Waals surface area contributed by atoms with Gasteiger partial charge >= 0.3 is 5.97 Å². The van der Waals surface area contributed by atoms with Gasteiger partial charge in [0.15, 0.2) is 0 Å². The lowest BCUT2D eigenvalue weighted by Crippen LogP contribution is -2.05. The first-order valence-corrected chi connectivity index (χ1v) is 8.69. The number of carbonyl (C=O) groups excluding carboxylic acids is 1. The summed E-state index contributed by atoms with van der Waals surface area (Å²) in [5.41, 5.74) is 0.558. The molecule has 20 heavy (non-hydrogen) atoms.